The number of aliphatic carboxylic acids is 1. The molecular weight excluding hydrogens is 488 g/mol. The largest absolute Gasteiger partial charge is 0.480 e. The number of likely N-dealkylation sites (N-methyl/N-ethyl adjacent to an activating group) is 1. The average molecular weight is 535 g/mol. The highest BCUT2D eigenvalue weighted by Crippen LogP contribution is 2.22. The van der Waals surface area contributed by atoms with Crippen molar-refractivity contribution in [1.82, 2.24) is 20.3 Å². The molecule has 13 nitrogen and oxygen atoms in total. The summed E-state index contributed by atoms with van der Waals surface area (Å²) in [4.78, 5) is 58.3. The summed E-state index contributed by atoms with van der Waals surface area (Å²) in [5.74, 6) is -1.18. The molecule has 0 aromatic carbocycles. The Morgan fingerprint density at radius 1 is 0.838 bits per heavy atom. The summed E-state index contributed by atoms with van der Waals surface area (Å²) in [6, 6.07) is -1.20. The molecule has 0 spiro atoms. The summed E-state index contributed by atoms with van der Waals surface area (Å²) in [6.07, 6.45) is 1.69. The number of carboxylic acid groups (broad SMARTS) is 1. The minimum absolute atomic E-state index is 0.221. The van der Waals surface area contributed by atoms with Crippen molar-refractivity contribution in [2.75, 3.05) is 41.4 Å². The first-order chi connectivity index (χ1) is 17.0. The Balaban J connectivity index is 0.000000619. The summed E-state index contributed by atoms with van der Waals surface area (Å²) in [6.45, 7) is 11.7. The van der Waals surface area contributed by atoms with Crippen molar-refractivity contribution in [3.05, 3.63) is 0 Å². The van der Waals surface area contributed by atoms with Gasteiger partial charge in [-0.25, -0.2) is 24.9 Å². The molecule has 0 aromatic heterocycles. The fraction of sp³-hybridized carbons (Fsp3) is 0.833. The first-order valence-corrected chi connectivity index (χ1v) is 12.2. The van der Waals surface area contributed by atoms with Crippen LogP contribution in [0.5, 0.6) is 0 Å². The quantitative estimate of drug-likeness (QED) is 0.516. The number of hydrogen-bond acceptors (Lipinski definition) is 9. The van der Waals surface area contributed by atoms with Gasteiger partial charge in [0.05, 0.1) is 14.2 Å². The Morgan fingerprint density at radius 3 is 1.54 bits per heavy atom. The lowest BCUT2D eigenvalue weighted by Crippen LogP contribution is -2.47. The number of nitrogens with one attached hydrogen (secondary N) is 1. The molecule has 2 aliphatic rings. The predicted molar refractivity (Wildman–Crippen MR) is 135 cm³/mol. The van der Waals surface area contributed by atoms with Crippen LogP contribution in [0.4, 0.5) is 9.59 Å². The summed E-state index contributed by atoms with van der Waals surface area (Å²) < 4.78 is 10.4. The van der Waals surface area contributed by atoms with Crippen LogP contribution in [-0.4, -0.2) is 109 Å². The number of carboxylic acids is 1. The van der Waals surface area contributed by atoms with Gasteiger partial charge in [-0.15, -0.1) is 0 Å². The highest BCUT2D eigenvalue weighted by Gasteiger charge is 2.38. The van der Waals surface area contributed by atoms with Crippen LogP contribution in [-0.2, 0) is 28.7 Å². The van der Waals surface area contributed by atoms with E-state index in [2.05, 4.69) is 10.3 Å². The molecule has 216 valence electrons. The molecular formula is C24H46N4O9. The summed E-state index contributed by atoms with van der Waals surface area (Å²) in [5.41, 5.74) is 1.29. The molecule has 0 radical (unpaired) electrons. The highest BCUT2D eigenvalue weighted by atomic mass is 16.7. The maximum atomic E-state index is 12.0. The molecule has 0 saturated carbocycles. The molecule has 2 saturated heterocycles. The van der Waals surface area contributed by atoms with E-state index in [9.17, 15) is 19.2 Å². The monoisotopic (exact) mass is 534 g/mol. The van der Waals surface area contributed by atoms with Crippen molar-refractivity contribution in [1.29, 1.82) is 0 Å². The lowest BCUT2D eigenvalue weighted by molar-refractivity contribution is -0.173. The molecule has 0 aliphatic carbocycles. The zero-order chi connectivity index (χ0) is 29.0. The molecule has 2 rings (SSSR count). The third-order valence-corrected chi connectivity index (χ3v) is 5.12. The predicted octanol–water partition coefficient (Wildman–Crippen LogP) is 2.64. The van der Waals surface area contributed by atoms with Crippen molar-refractivity contribution in [3.8, 4) is 0 Å². The number of carbonyl (C=O) groups excluding carboxylic acids is 3. The number of likely N-dealkylation sites (tertiary alicyclic amines) is 2. The topological polar surface area (TPSA) is 147 Å². The Kier molecular flexibility index (Phi) is 14.5. The third-order valence-electron chi connectivity index (χ3n) is 5.12. The van der Waals surface area contributed by atoms with Gasteiger partial charge >= 0.3 is 18.2 Å². The number of hydroxylamine groups is 3. The van der Waals surface area contributed by atoms with Gasteiger partial charge in [0.1, 0.15) is 23.3 Å². The van der Waals surface area contributed by atoms with Gasteiger partial charge in [-0.05, 0) is 67.2 Å². The van der Waals surface area contributed by atoms with E-state index in [0.29, 0.717) is 25.9 Å². The van der Waals surface area contributed by atoms with Crippen molar-refractivity contribution in [3.63, 3.8) is 0 Å². The SMILES string of the molecule is CC(C)(C)OC(=O)N1CCC[C@@H]1C(=O)O.CNOC.CON(C)C(=O)[C@H]1CCCN1C(=O)OC(C)(C)C. The van der Waals surface area contributed by atoms with E-state index in [4.69, 9.17) is 19.4 Å². The van der Waals surface area contributed by atoms with Crippen LogP contribution in [0.2, 0.25) is 0 Å². The third kappa shape index (κ3) is 12.9. The normalized spacial score (nSPS) is 19.2. The molecule has 0 aromatic rings. The lowest BCUT2D eigenvalue weighted by atomic mass is 10.2. The van der Waals surface area contributed by atoms with Gasteiger partial charge in [0, 0.05) is 27.2 Å². The van der Waals surface area contributed by atoms with Gasteiger partial charge in [-0.3, -0.25) is 19.4 Å². The minimum atomic E-state index is -0.960. The molecule has 2 atom stereocenters. The first kappa shape index (κ1) is 34.4. The lowest BCUT2D eigenvalue weighted by Gasteiger charge is -2.29. The van der Waals surface area contributed by atoms with Gasteiger partial charge in [-0.2, -0.15) is 0 Å². The molecule has 0 bridgehead atoms. The second-order valence-corrected chi connectivity index (χ2v) is 10.4. The fourth-order valence-corrected chi connectivity index (χ4v) is 3.42. The van der Waals surface area contributed by atoms with Crippen LogP contribution in [0.25, 0.3) is 0 Å². The number of amides is 3. The molecule has 2 aliphatic heterocycles. The number of hydrogen-bond donors (Lipinski definition) is 2. The van der Waals surface area contributed by atoms with Crippen LogP contribution in [0.1, 0.15) is 67.2 Å². The van der Waals surface area contributed by atoms with Gasteiger partial charge in [0.2, 0.25) is 0 Å². The van der Waals surface area contributed by atoms with Gasteiger partial charge in [-0.1, -0.05) is 0 Å². The van der Waals surface area contributed by atoms with Crippen molar-refractivity contribution >= 4 is 24.1 Å². The Labute approximate surface area is 220 Å². The molecule has 2 heterocycles. The van der Waals surface area contributed by atoms with Gasteiger partial charge in [0.15, 0.2) is 0 Å². The van der Waals surface area contributed by atoms with Crippen LogP contribution in [0.3, 0.4) is 0 Å². The zero-order valence-electron chi connectivity index (χ0n) is 24.0. The van der Waals surface area contributed by atoms with E-state index in [1.807, 2.05) is 0 Å². The van der Waals surface area contributed by atoms with E-state index < -0.39 is 41.4 Å². The molecule has 2 N–H and O–H groups in total. The van der Waals surface area contributed by atoms with E-state index in [0.717, 1.165) is 17.9 Å². The Hall–Kier alpha value is -2.64. The van der Waals surface area contributed by atoms with E-state index >= 15 is 0 Å². The summed E-state index contributed by atoms with van der Waals surface area (Å²) in [5, 5.41) is 10.0. The van der Waals surface area contributed by atoms with Crippen LogP contribution >= 0.6 is 0 Å². The maximum absolute atomic E-state index is 12.0. The summed E-state index contributed by atoms with van der Waals surface area (Å²) in [7, 11) is 6.23. The first-order valence-electron chi connectivity index (χ1n) is 12.2. The van der Waals surface area contributed by atoms with E-state index in [-0.39, 0.29) is 5.91 Å². The summed E-state index contributed by atoms with van der Waals surface area (Å²) >= 11 is 0. The van der Waals surface area contributed by atoms with Crippen molar-refractivity contribution in [2.45, 2.75) is 90.5 Å². The maximum Gasteiger partial charge on any atom is 0.411 e. The van der Waals surface area contributed by atoms with Crippen LogP contribution < -0.4 is 5.48 Å². The zero-order valence-corrected chi connectivity index (χ0v) is 24.0. The molecule has 37 heavy (non-hydrogen) atoms. The highest BCUT2D eigenvalue weighted by molar-refractivity contribution is 5.85. The van der Waals surface area contributed by atoms with Gasteiger partial charge in [0.25, 0.3) is 5.91 Å². The van der Waals surface area contributed by atoms with E-state index in [1.165, 1.54) is 24.0 Å². The number of carbonyl (C=O) groups is 4. The number of rotatable bonds is 4. The molecule has 3 amide bonds. The number of nitrogens with zero attached hydrogens (tertiary/aromatic N) is 3. The van der Waals surface area contributed by atoms with Crippen molar-refractivity contribution < 1.29 is 43.4 Å². The average Bonchev–Trinajstić information content (AvgIpc) is 3.46. The smallest absolute Gasteiger partial charge is 0.411 e. The fourth-order valence-electron chi connectivity index (χ4n) is 3.42. The Bertz CT molecular complexity index is 747. The molecule has 0 unspecified atom stereocenters. The van der Waals surface area contributed by atoms with Crippen molar-refractivity contribution in [2.24, 2.45) is 0 Å². The van der Waals surface area contributed by atoms with Gasteiger partial charge < -0.3 is 19.4 Å². The van der Waals surface area contributed by atoms with Crippen LogP contribution in [0, 0.1) is 0 Å². The second-order valence-electron chi connectivity index (χ2n) is 10.4. The molecule has 2 fully saturated rings. The number of ether oxygens (including phenoxy) is 2. The standard InChI is InChI=1S/C12H22N2O4.C10H17NO4.C2H7NO/c1-12(2,3)18-11(16)14-8-6-7-9(14)10(15)13(4)17-5;1-10(2,3)15-9(14)11-6-4-5-7(11)8(12)13;1-3-4-2/h9H,6-8H2,1-5H3;7H,4-6H2,1-3H3,(H,12,13);3H,1-2H3/t9-;7-;/m11./s1. The Morgan fingerprint density at radius 2 is 1.22 bits per heavy atom. The molecule has 13 heteroatoms. The second kappa shape index (κ2) is 15.6. The van der Waals surface area contributed by atoms with E-state index in [1.54, 1.807) is 55.7 Å². The minimum Gasteiger partial charge on any atom is -0.480 e. The van der Waals surface area contributed by atoms with Crippen LogP contribution in [0.15, 0.2) is 0 Å².